The standard InChI is InChI=1S/C21H22F2N4O/c1-26-7-2-8-27(10-9-26)20-6-4-15(12-18(20)23)24-13-17-16-11-14(22)3-5-19(16)25-21(17)28/h3-6,11-13,17H,2,7-10H2,1H3,(H,25,28). The van der Waals surface area contributed by atoms with Crippen molar-refractivity contribution in [2.45, 2.75) is 12.3 Å². The highest BCUT2D eigenvalue weighted by Crippen LogP contribution is 2.33. The van der Waals surface area contributed by atoms with Crippen molar-refractivity contribution in [3.8, 4) is 0 Å². The van der Waals surface area contributed by atoms with Crippen molar-refractivity contribution in [1.82, 2.24) is 4.90 Å². The van der Waals surface area contributed by atoms with Crippen LogP contribution in [0.4, 0.5) is 25.8 Å². The Hall–Kier alpha value is -2.80. The van der Waals surface area contributed by atoms with Gasteiger partial charge in [0.2, 0.25) is 5.91 Å². The third-order valence-electron chi connectivity index (χ3n) is 5.25. The van der Waals surface area contributed by atoms with E-state index in [0.29, 0.717) is 22.6 Å². The van der Waals surface area contributed by atoms with Crippen molar-refractivity contribution in [2.75, 3.05) is 43.4 Å². The van der Waals surface area contributed by atoms with E-state index in [1.165, 1.54) is 30.5 Å². The number of hydrogen-bond donors (Lipinski definition) is 1. The van der Waals surface area contributed by atoms with Crippen molar-refractivity contribution >= 4 is 29.2 Å². The summed E-state index contributed by atoms with van der Waals surface area (Å²) in [7, 11) is 2.07. The van der Waals surface area contributed by atoms with Gasteiger partial charge in [0.05, 0.1) is 11.4 Å². The molecule has 28 heavy (non-hydrogen) atoms. The maximum absolute atomic E-state index is 14.7. The Balaban J connectivity index is 1.52. The van der Waals surface area contributed by atoms with Gasteiger partial charge in [-0.25, -0.2) is 8.78 Å². The van der Waals surface area contributed by atoms with E-state index >= 15 is 0 Å². The van der Waals surface area contributed by atoms with Crippen LogP contribution in [0.1, 0.15) is 17.9 Å². The molecule has 0 saturated carbocycles. The molecule has 0 radical (unpaired) electrons. The summed E-state index contributed by atoms with van der Waals surface area (Å²) in [6, 6.07) is 9.00. The van der Waals surface area contributed by atoms with Gasteiger partial charge in [-0.3, -0.25) is 9.79 Å². The SMILES string of the molecule is CN1CCCN(c2ccc(N=CC3C(=O)Nc4ccc(F)cc43)cc2F)CC1. The van der Waals surface area contributed by atoms with E-state index in [1.807, 2.05) is 0 Å². The van der Waals surface area contributed by atoms with Crippen LogP contribution < -0.4 is 10.2 Å². The first-order valence-corrected chi connectivity index (χ1v) is 9.39. The monoisotopic (exact) mass is 384 g/mol. The quantitative estimate of drug-likeness (QED) is 0.824. The van der Waals surface area contributed by atoms with E-state index in [9.17, 15) is 13.6 Å². The van der Waals surface area contributed by atoms with E-state index in [2.05, 4.69) is 27.2 Å². The number of nitrogens with one attached hydrogen (secondary N) is 1. The second kappa shape index (κ2) is 7.67. The fraction of sp³-hybridized carbons (Fsp3) is 0.333. The van der Waals surface area contributed by atoms with Gasteiger partial charge < -0.3 is 15.1 Å². The smallest absolute Gasteiger partial charge is 0.237 e. The molecule has 0 aromatic heterocycles. The number of carbonyl (C=O) groups is 1. The highest BCUT2D eigenvalue weighted by atomic mass is 19.1. The average Bonchev–Trinajstić information content (AvgIpc) is 2.82. The van der Waals surface area contributed by atoms with E-state index in [0.717, 1.165) is 32.6 Å². The third-order valence-corrected chi connectivity index (χ3v) is 5.25. The van der Waals surface area contributed by atoms with Gasteiger partial charge in [0.25, 0.3) is 0 Å². The summed E-state index contributed by atoms with van der Waals surface area (Å²) in [6.45, 7) is 3.49. The molecule has 4 rings (SSSR count). The number of nitrogens with zero attached hydrogens (tertiary/aromatic N) is 3. The molecule has 2 heterocycles. The summed E-state index contributed by atoms with van der Waals surface area (Å²) in [6.07, 6.45) is 2.43. The summed E-state index contributed by atoms with van der Waals surface area (Å²) in [5, 5.41) is 2.70. The molecular formula is C21H22F2N4O. The normalized spacial score (nSPS) is 20.3. The van der Waals surface area contributed by atoms with Crippen LogP contribution in [0, 0.1) is 11.6 Å². The molecule has 1 unspecified atom stereocenters. The maximum Gasteiger partial charge on any atom is 0.237 e. The zero-order valence-corrected chi connectivity index (χ0v) is 15.7. The Labute approximate surface area is 162 Å². The van der Waals surface area contributed by atoms with Gasteiger partial charge >= 0.3 is 0 Å². The highest BCUT2D eigenvalue weighted by Gasteiger charge is 2.29. The molecule has 0 spiro atoms. The van der Waals surface area contributed by atoms with Crippen LogP contribution in [0.2, 0.25) is 0 Å². The van der Waals surface area contributed by atoms with Gasteiger partial charge in [0.1, 0.15) is 17.6 Å². The Morgan fingerprint density at radius 3 is 2.79 bits per heavy atom. The molecule has 1 N–H and O–H groups in total. The lowest BCUT2D eigenvalue weighted by Crippen LogP contribution is -2.29. The van der Waals surface area contributed by atoms with Crippen molar-refractivity contribution in [3.63, 3.8) is 0 Å². The van der Waals surface area contributed by atoms with Gasteiger partial charge in [-0.05, 0) is 55.9 Å². The molecule has 5 nitrogen and oxygen atoms in total. The van der Waals surface area contributed by atoms with Gasteiger partial charge in [-0.1, -0.05) is 0 Å². The summed E-state index contributed by atoms with van der Waals surface area (Å²) in [5.41, 5.74) is 2.11. The fourth-order valence-electron chi connectivity index (χ4n) is 3.69. The van der Waals surface area contributed by atoms with Crippen molar-refractivity contribution in [1.29, 1.82) is 0 Å². The van der Waals surface area contributed by atoms with Crippen molar-refractivity contribution in [3.05, 3.63) is 53.6 Å². The molecule has 0 aliphatic carbocycles. The molecule has 1 fully saturated rings. The third kappa shape index (κ3) is 3.75. The first-order chi connectivity index (χ1) is 13.5. The summed E-state index contributed by atoms with van der Waals surface area (Å²) < 4.78 is 28.2. The minimum absolute atomic E-state index is 0.268. The minimum Gasteiger partial charge on any atom is -0.368 e. The lowest BCUT2D eigenvalue weighted by atomic mass is 10.0. The van der Waals surface area contributed by atoms with Crippen LogP contribution in [0.5, 0.6) is 0 Å². The molecule has 2 aromatic carbocycles. The second-order valence-corrected chi connectivity index (χ2v) is 7.26. The number of carbonyl (C=O) groups excluding carboxylic acids is 1. The number of hydrogen-bond acceptors (Lipinski definition) is 4. The molecule has 146 valence electrons. The number of benzene rings is 2. The molecular weight excluding hydrogens is 362 g/mol. The Morgan fingerprint density at radius 1 is 1.11 bits per heavy atom. The topological polar surface area (TPSA) is 47.9 Å². The highest BCUT2D eigenvalue weighted by molar-refractivity contribution is 6.12. The van der Waals surface area contributed by atoms with Crippen LogP contribution in [0.25, 0.3) is 0 Å². The molecule has 2 aliphatic rings. The first-order valence-electron chi connectivity index (χ1n) is 9.39. The van der Waals surface area contributed by atoms with Gasteiger partial charge in [-0.15, -0.1) is 0 Å². The van der Waals surface area contributed by atoms with Crippen LogP contribution in [0.3, 0.4) is 0 Å². The largest absolute Gasteiger partial charge is 0.368 e. The number of anilines is 2. The van der Waals surface area contributed by atoms with Gasteiger partial charge in [0.15, 0.2) is 0 Å². The summed E-state index contributed by atoms with van der Waals surface area (Å²) in [5.74, 6) is -1.70. The van der Waals surface area contributed by atoms with Crippen LogP contribution in [-0.4, -0.2) is 50.2 Å². The molecule has 2 aromatic rings. The molecule has 7 heteroatoms. The van der Waals surface area contributed by atoms with Crippen LogP contribution in [0.15, 0.2) is 41.4 Å². The van der Waals surface area contributed by atoms with E-state index in [4.69, 9.17) is 0 Å². The molecule has 1 amide bonds. The number of amides is 1. The molecule has 2 aliphatic heterocycles. The van der Waals surface area contributed by atoms with E-state index in [-0.39, 0.29) is 11.7 Å². The van der Waals surface area contributed by atoms with Gasteiger partial charge in [-0.2, -0.15) is 0 Å². The number of fused-ring (bicyclic) bond motifs is 1. The molecule has 1 atom stereocenters. The number of rotatable bonds is 3. The summed E-state index contributed by atoms with van der Waals surface area (Å²) in [4.78, 5) is 20.7. The Kier molecular flexibility index (Phi) is 5.09. The zero-order valence-electron chi connectivity index (χ0n) is 15.7. The lowest BCUT2D eigenvalue weighted by Gasteiger charge is -2.23. The number of halogens is 2. The van der Waals surface area contributed by atoms with E-state index < -0.39 is 11.7 Å². The Morgan fingerprint density at radius 2 is 1.96 bits per heavy atom. The van der Waals surface area contributed by atoms with Crippen molar-refractivity contribution in [2.24, 2.45) is 4.99 Å². The number of aliphatic imine (C=N–C) groups is 1. The minimum atomic E-state index is -0.686. The number of likely N-dealkylation sites (N-methyl/N-ethyl adjacent to an activating group) is 1. The first kappa shape index (κ1) is 18.6. The average molecular weight is 384 g/mol. The lowest BCUT2D eigenvalue weighted by molar-refractivity contribution is -0.115. The van der Waals surface area contributed by atoms with Crippen LogP contribution >= 0.6 is 0 Å². The van der Waals surface area contributed by atoms with Crippen LogP contribution in [-0.2, 0) is 4.79 Å². The Bertz CT molecular complexity index is 931. The van der Waals surface area contributed by atoms with Gasteiger partial charge in [0, 0.05) is 37.6 Å². The predicted octanol–water partition coefficient (Wildman–Crippen LogP) is 3.54. The molecule has 0 bridgehead atoms. The summed E-state index contributed by atoms with van der Waals surface area (Å²) >= 11 is 0. The van der Waals surface area contributed by atoms with E-state index in [1.54, 1.807) is 12.1 Å². The van der Waals surface area contributed by atoms with Crippen molar-refractivity contribution < 1.29 is 13.6 Å². The predicted molar refractivity (Wildman–Crippen MR) is 107 cm³/mol. The fourth-order valence-corrected chi connectivity index (χ4v) is 3.69. The second-order valence-electron chi connectivity index (χ2n) is 7.26. The zero-order chi connectivity index (χ0) is 19.7. The maximum atomic E-state index is 14.7. The molecule has 1 saturated heterocycles.